The molecule has 2 atom stereocenters. The van der Waals surface area contributed by atoms with Gasteiger partial charge in [0.2, 0.25) is 0 Å². The molecule has 6 nitrogen and oxygen atoms in total. The molecule has 0 bridgehead atoms. The molecule has 0 saturated carbocycles. The maximum Gasteiger partial charge on any atom is 0.312 e. The molecule has 0 radical (unpaired) electrons. The first-order valence-corrected chi connectivity index (χ1v) is 7.35. The predicted molar refractivity (Wildman–Crippen MR) is 81.4 cm³/mol. The average Bonchev–Trinajstić information content (AvgIpc) is 2.51. The van der Waals surface area contributed by atoms with Crippen LogP contribution < -0.4 is 10.1 Å². The summed E-state index contributed by atoms with van der Waals surface area (Å²) in [5.74, 6) is -0.437. The summed E-state index contributed by atoms with van der Waals surface area (Å²) in [5, 5.41) is 2.65. The van der Waals surface area contributed by atoms with Crippen molar-refractivity contribution in [2.75, 3.05) is 20.2 Å². The molecule has 2 amide bonds. The highest BCUT2D eigenvalue weighted by Gasteiger charge is 2.29. The van der Waals surface area contributed by atoms with Gasteiger partial charge in [-0.25, -0.2) is 0 Å². The Bertz CT molecular complexity index is 537. The fourth-order valence-corrected chi connectivity index (χ4v) is 2.59. The first-order chi connectivity index (χ1) is 10.5. The van der Waals surface area contributed by atoms with Gasteiger partial charge in [0.25, 0.3) is 0 Å². The molecule has 1 saturated heterocycles. The number of methoxy groups -OCH3 is 1. The Morgan fingerprint density at radius 2 is 1.91 bits per heavy atom. The molecule has 120 valence electrons. The highest BCUT2D eigenvalue weighted by molar-refractivity contribution is 6.35. The smallest absolute Gasteiger partial charge is 0.312 e. The van der Waals surface area contributed by atoms with Crippen LogP contribution in [0.3, 0.4) is 0 Å². The third-order valence-corrected chi connectivity index (χ3v) is 3.53. The SMILES string of the molecule is COc1ccccc1CNC(=O)C(=O)N1CC(C)OC(C)C1. The summed E-state index contributed by atoms with van der Waals surface area (Å²) < 4.78 is 10.8. The zero-order valence-electron chi connectivity index (χ0n) is 13.2. The normalized spacial score (nSPS) is 21.3. The zero-order chi connectivity index (χ0) is 16.1. The van der Waals surface area contributed by atoms with E-state index in [-0.39, 0.29) is 18.8 Å². The highest BCUT2D eigenvalue weighted by atomic mass is 16.5. The van der Waals surface area contributed by atoms with E-state index in [9.17, 15) is 9.59 Å². The fourth-order valence-electron chi connectivity index (χ4n) is 2.59. The molecule has 1 aromatic rings. The van der Waals surface area contributed by atoms with Crippen molar-refractivity contribution in [3.05, 3.63) is 29.8 Å². The van der Waals surface area contributed by atoms with Crippen molar-refractivity contribution >= 4 is 11.8 Å². The van der Waals surface area contributed by atoms with Crippen molar-refractivity contribution in [2.45, 2.75) is 32.6 Å². The number of amides is 2. The second-order valence-corrected chi connectivity index (χ2v) is 5.46. The molecule has 1 fully saturated rings. The Balaban J connectivity index is 1.93. The standard InChI is InChI=1S/C16H22N2O4/c1-11-9-18(10-12(2)22-11)16(20)15(19)17-8-13-6-4-5-7-14(13)21-3/h4-7,11-12H,8-10H2,1-3H3,(H,17,19). The molecule has 1 aromatic carbocycles. The molecule has 1 aliphatic heterocycles. The quantitative estimate of drug-likeness (QED) is 0.844. The van der Waals surface area contributed by atoms with Crippen molar-refractivity contribution in [3.63, 3.8) is 0 Å². The number of benzene rings is 1. The van der Waals surface area contributed by atoms with E-state index in [0.717, 1.165) is 5.56 Å². The molecule has 0 spiro atoms. The Kier molecular flexibility index (Phi) is 5.38. The van der Waals surface area contributed by atoms with Gasteiger partial charge in [0.15, 0.2) is 0 Å². The minimum atomic E-state index is -0.604. The number of nitrogens with zero attached hydrogens (tertiary/aromatic N) is 1. The first-order valence-electron chi connectivity index (χ1n) is 7.35. The van der Waals surface area contributed by atoms with Gasteiger partial charge < -0.3 is 19.7 Å². The number of carbonyl (C=O) groups is 2. The van der Waals surface area contributed by atoms with E-state index in [1.165, 1.54) is 4.90 Å². The molecule has 22 heavy (non-hydrogen) atoms. The van der Waals surface area contributed by atoms with Crippen LogP contribution in [0.1, 0.15) is 19.4 Å². The fraction of sp³-hybridized carbons (Fsp3) is 0.500. The number of para-hydroxylation sites is 1. The van der Waals surface area contributed by atoms with Crippen molar-refractivity contribution in [2.24, 2.45) is 0 Å². The molecule has 0 aliphatic carbocycles. The van der Waals surface area contributed by atoms with Gasteiger partial charge in [-0.1, -0.05) is 18.2 Å². The lowest BCUT2D eigenvalue weighted by Crippen LogP contribution is -2.52. The van der Waals surface area contributed by atoms with Crippen LogP contribution in [-0.2, 0) is 20.9 Å². The van der Waals surface area contributed by atoms with Crippen LogP contribution >= 0.6 is 0 Å². The summed E-state index contributed by atoms with van der Waals surface area (Å²) in [5.41, 5.74) is 0.829. The Labute approximate surface area is 130 Å². The summed E-state index contributed by atoms with van der Waals surface area (Å²) in [6.45, 7) is 4.91. The van der Waals surface area contributed by atoms with Gasteiger partial charge in [-0.3, -0.25) is 9.59 Å². The van der Waals surface area contributed by atoms with Gasteiger partial charge in [-0.05, 0) is 19.9 Å². The van der Waals surface area contributed by atoms with Crippen LogP contribution in [0.5, 0.6) is 5.75 Å². The molecular weight excluding hydrogens is 284 g/mol. The van der Waals surface area contributed by atoms with Gasteiger partial charge in [-0.15, -0.1) is 0 Å². The molecule has 6 heteroatoms. The Morgan fingerprint density at radius 3 is 2.55 bits per heavy atom. The predicted octanol–water partition coefficient (Wildman–Crippen LogP) is 0.947. The van der Waals surface area contributed by atoms with Crippen LogP contribution in [0.15, 0.2) is 24.3 Å². The average molecular weight is 306 g/mol. The number of hydrogen-bond acceptors (Lipinski definition) is 4. The minimum absolute atomic E-state index is 0.0604. The lowest BCUT2D eigenvalue weighted by Gasteiger charge is -2.34. The molecule has 1 aliphatic rings. The van der Waals surface area contributed by atoms with Crippen molar-refractivity contribution in [1.82, 2.24) is 10.2 Å². The highest BCUT2D eigenvalue weighted by Crippen LogP contribution is 2.16. The number of morpholine rings is 1. The molecule has 2 unspecified atom stereocenters. The third-order valence-electron chi connectivity index (χ3n) is 3.53. The van der Waals surface area contributed by atoms with Crippen molar-refractivity contribution in [3.8, 4) is 5.75 Å². The van der Waals surface area contributed by atoms with E-state index >= 15 is 0 Å². The van der Waals surface area contributed by atoms with Gasteiger partial charge in [0, 0.05) is 25.2 Å². The zero-order valence-corrected chi connectivity index (χ0v) is 13.2. The topological polar surface area (TPSA) is 67.9 Å². The Hall–Kier alpha value is -2.08. The third kappa shape index (κ3) is 3.98. The van der Waals surface area contributed by atoms with E-state index in [4.69, 9.17) is 9.47 Å². The molecule has 0 aromatic heterocycles. The second-order valence-electron chi connectivity index (χ2n) is 5.46. The lowest BCUT2D eigenvalue weighted by atomic mass is 10.2. The summed E-state index contributed by atoms with van der Waals surface area (Å²) in [6, 6.07) is 7.38. The molecule has 1 heterocycles. The second kappa shape index (κ2) is 7.26. The molecule has 1 N–H and O–H groups in total. The summed E-state index contributed by atoms with van der Waals surface area (Å²) in [4.78, 5) is 25.8. The van der Waals surface area contributed by atoms with E-state index in [1.54, 1.807) is 7.11 Å². The number of hydrogen-bond donors (Lipinski definition) is 1. The van der Waals surface area contributed by atoms with E-state index in [1.807, 2.05) is 38.1 Å². The van der Waals surface area contributed by atoms with Gasteiger partial charge >= 0.3 is 11.8 Å². The van der Waals surface area contributed by atoms with Crippen LogP contribution in [0.4, 0.5) is 0 Å². The largest absolute Gasteiger partial charge is 0.496 e. The summed E-state index contributed by atoms with van der Waals surface area (Å²) in [7, 11) is 1.57. The van der Waals surface area contributed by atoms with Gasteiger partial charge in [0.1, 0.15) is 5.75 Å². The number of nitrogens with one attached hydrogen (secondary N) is 1. The number of rotatable bonds is 3. The van der Waals surface area contributed by atoms with Crippen molar-refractivity contribution < 1.29 is 19.1 Å². The van der Waals surface area contributed by atoms with Crippen LogP contribution in [0.2, 0.25) is 0 Å². The Morgan fingerprint density at radius 1 is 1.27 bits per heavy atom. The number of carbonyl (C=O) groups excluding carboxylic acids is 2. The number of ether oxygens (including phenoxy) is 2. The maximum absolute atomic E-state index is 12.2. The van der Waals surface area contributed by atoms with Crippen LogP contribution in [0, 0.1) is 0 Å². The van der Waals surface area contributed by atoms with Crippen molar-refractivity contribution in [1.29, 1.82) is 0 Å². The van der Waals surface area contributed by atoms with E-state index in [0.29, 0.717) is 18.8 Å². The summed E-state index contributed by atoms with van der Waals surface area (Å²) in [6.07, 6.45) is -0.121. The monoisotopic (exact) mass is 306 g/mol. The van der Waals surface area contributed by atoms with E-state index in [2.05, 4.69) is 5.32 Å². The summed E-state index contributed by atoms with van der Waals surface area (Å²) >= 11 is 0. The maximum atomic E-state index is 12.2. The minimum Gasteiger partial charge on any atom is -0.496 e. The van der Waals surface area contributed by atoms with Gasteiger partial charge in [0.05, 0.1) is 19.3 Å². The van der Waals surface area contributed by atoms with E-state index < -0.39 is 11.8 Å². The lowest BCUT2D eigenvalue weighted by molar-refractivity contribution is -0.153. The first kappa shape index (κ1) is 16.3. The van der Waals surface area contributed by atoms with Crippen LogP contribution in [0.25, 0.3) is 0 Å². The van der Waals surface area contributed by atoms with Crippen LogP contribution in [-0.4, -0.2) is 49.1 Å². The molecule has 2 rings (SSSR count). The molecular formula is C16H22N2O4. The van der Waals surface area contributed by atoms with Gasteiger partial charge in [-0.2, -0.15) is 0 Å².